The van der Waals surface area contributed by atoms with E-state index in [1.165, 1.54) is 6.07 Å². The smallest absolute Gasteiger partial charge is 0.126 e. The Balaban J connectivity index is 1.89. The largest absolute Gasteiger partial charge is 0.491 e. The molecule has 1 aliphatic rings. The van der Waals surface area contributed by atoms with Crippen molar-refractivity contribution in [1.29, 1.82) is 0 Å². The van der Waals surface area contributed by atoms with Crippen LogP contribution in [0.5, 0.6) is 5.75 Å². The molecule has 0 bridgehead atoms. The van der Waals surface area contributed by atoms with Crippen molar-refractivity contribution >= 4 is 0 Å². The zero-order chi connectivity index (χ0) is 10.8. The third-order valence-corrected chi connectivity index (χ3v) is 2.72. The molecular weight excluding hydrogens is 195 g/mol. The Morgan fingerprint density at radius 3 is 2.87 bits per heavy atom. The Bertz CT molecular complexity index is 347. The van der Waals surface area contributed by atoms with Gasteiger partial charge in [-0.2, -0.15) is 0 Å². The molecule has 0 radical (unpaired) electrons. The van der Waals surface area contributed by atoms with Crippen molar-refractivity contribution < 1.29 is 14.2 Å². The van der Waals surface area contributed by atoms with Crippen molar-refractivity contribution in [2.45, 2.75) is 25.9 Å². The van der Waals surface area contributed by atoms with E-state index in [1.807, 2.05) is 0 Å². The molecule has 82 valence electrons. The summed E-state index contributed by atoms with van der Waals surface area (Å²) in [7, 11) is 0. The van der Waals surface area contributed by atoms with Crippen molar-refractivity contribution in [3.05, 3.63) is 29.6 Å². The Hall–Kier alpha value is -1.09. The second kappa shape index (κ2) is 4.19. The Morgan fingerprint density at radius 2 is 2.27 bits per heavy atom. The van der Waals surface area contributed by atoms with E-state index >= 15 is 0 Å². The first-order valence-electron chi connectivity index (χ1n) is 5.24. The number of hydrogen-bond acceptors (Lipinski definition) is 2. The normalized spacial score (nSPS) is 17.5. The Morgan fingerprint density at radius 1 is 1.53 bits per heavy atom. The van der Waals surface area contributed by atoms with E-state index in [9.17, 15) is 9.50 Å². The molecule has 1 aromatic carbocycles. The van der Waals surface area contributed by atoms with Gasteiger partial charge in [-0.25, -0.2) is 4.39 Å². The fourth-order valence-corrected chi connectivity index (χ4v) is 1.51. The summed E-state index contributed by atoms with van der Waals surface area (Å²) >= 11 is 0. The van der Waals surface area contributed by atoms with Gasteiger partial charge in [0.05, 0.1) is 6.10 Å². The van der Waals surface area contributed by atoms with E-state index in [0.29, 0.717) is 23.8 Å². The molecule has 2 nitrogen and oxygen atoms in total. The van der Waals surface area contributed by atoms with E-state index in [4.69, 9.17) is 4.74 Å². The number of aliphatic hydroxyl groups excluding tert-OH is 1. The molecule has 0 amide bonds. The van der Waals surface area contributed by atoms with E-state index in [-0.39, 0.29) is 11.9 Å². The van der Waals surface area contributed by atoms with Gasteiger partial charge >= 0.3 is 0 Å². The van der Waals surface area contributed by atoms with Crippen LogP contribution in [-0.4, -0.2) is 17.8 Å². The van der Waals surface area contributed by atoms with Crippen LogP contribution in [0.1, 0.15) is 18.4 Å². The van der Waals surface area contributed by atoms with E-state index in [0.717, 1.165) is 12.8 Å². The summed E-state index contributed by atoms with van der Waals surface area (Å²) in [6, 6.07) is 4.62. The molecule has 1 fully saturated rings. The van der Waals surface area contributed by atoms with Gasteiger partial charge in [-0.15, -0.1) is 0 Å². The lowest BCUT2D eigenvalue weighted by Crippen LogP contribution is -2.19. The average molecular weight is 210 g/mol. The molecule has 2 rings (SSSR count). The number of halogens is 1. The topological polar surface area (TPSA) is 29.5 Å². The fourth-order valence-electron chi connectivity index (χ4n) is 1.51. The van der Waals surface area contributed by atoms with Crippen LogP contribution in [0, 0.1) is 18.7 Å². The van der Waals surface area contributed by atoms with E-state index in [1.54, 1.807) is 19.1 Å². The van der Waals surface area contributed by atoms with Gasteiger partial charge in [0.1, 0.15) is 18.2 Å². The maximum Gasteiger partial charge on any atom is 0.126 e. The predicted octanol–water partition coefficient (Wildman–Crippen LogP) is 2.28. The molecule has 1 aromatic rings. The van der Waals surface area contributed by atoms with Gasteiger partial charge in [-0.1, -0.05) is 0 Å². The zero-order valence-electron chi connectivity index (χ0n) is 8.74. The lowest BCUT2D eigenvalue weighted by atomic mass is 10.2. The molecule has 3 heteroatoms. The highest BCUT2D eigenvalue weighted by Gasteiger charge is 2.29. The first kappa shape index (κ1) is 10.4. The summed E-state index contributed by atoms with van der Waals surface area (Å²) in [6.45, 7) is 2.00. The van der Waals surface area contributed by atoms with Crippen LogP contribution in [0.2, 0.25) is 0 Å². The molecule has 1 aliphatic carbocycles. The standard InChI is InChI=1S/C12H15FO2/c1-8-6-10(4-5-11(8)13)15-7-12(14)9-2-3-9/h4-6,9,12,14H,2-3,7H2,1H3. The van der Waals surface area contributed by atoms with Crippen LogP contribution in [0.25, 0.3) is 0 Å². The highest BCUT2D eigenvalue weighted by Crippen LogP contribution is 2.32. The van der Waals surface area contributed by atoms with Gasteiger partial charge in [0.15, 0.2) is 0 Å². The number of rotatable bonds is 4. The highest BCUT2D eigenvalue weighted by molar-refractivity contribution is 5.28. The molecule has 0 aliphatic heterocycles. The highest BCUT2D eigenvalue weighted by atomic mass is 19.1. The second-order valence-corrected chi connectivity index (χ2v) is 4.13. The molecule has 1 unspecified atom stereocenters. The van der Waals surface area contributed by atoms with Crippen molar-refractivity contribution in [3.63, 3.8) is 0 Å². The Labute approximate surface area is 88.7 Å². The van der Waals surface area contributed by atoms with Crippen LogP contribution >= 0.6 is 0 Å². The second-order valence-electron chi connectivity index (χ2n) is 4.13. The molecular formula is C12H15FO2. The summed E-state index contributed by atoms with van der Waals surface area (Å²) in [5.74, 6) is 0.797. The maximum absolute atomic E-state index is 12.9. The molecule has 0 heterocycles. The molecule has 15 heavy (non-hydrogen) atoms. The van der Waals surface area contributed by atoms with Gasteiger partial charge in [0.2, 0.25) is 0 Å². The van der Waals surface area contributed by atoms with Crippen LogP contribution in [-0.2, 0) is 0 Å². The molecule has 0 aromatic heterocycles. The van der Waals surface area contributed by atoms with E-state index in [2.05, 4.69) is 0 Å². The molecule has 1 atom stereocenters. The maximum atomic E-state index is 12.9. The Kier molecular flexibility index (Phi) is 2.91. The van der Waals surface area contributed by atoms with Crippen molar-refractivity contribution in [2.75, 3.05) is 6.61 Å². The first-order valence-corrected chi connectivity index (χ1v) is 5.24. The van der Waals surface area contributed by atoms with Crippen molar-refractivity contribution in [2.24, 2.45) is 5.92 Å². The fraction of sp³-hybridized carbons (Fsp3) is 0.500. The monoisotopic (exact) mass is 210 g/mol. The van der Waals surface area contributed by atoms with Gasteiger partial charge in [-0.05, 0) is 49.4 Å². The van der Waals surface area contributed by atoms with Crippen LogP contribution in [0.15, 0.2) is 18.2 Å². The van der Waals surface area contributed by atoms with Gasteiger partial charge in [0.25, 0.3) is 0 Å². The first-order chi connectivity index (χ1) is 7.16. The third-order valence-electron chi connectivity index (χ3n) is 2.72. The minimum Gasteiger partial charge on any atom is -0.491 e. The number of hydrogen-bond donors (Lipinski definition) is 1. The van der Waals surface area contributed by atoms with E-state index < -0.39 is 0 Å². The zero-order valence-corrected chi connectivity index (χ0v) is 8.74. The summed E-state index contributed by atoms with van der Waals surface area (Å²) in [5, 5.41) is 9.58. The average Bonchev–Trinajstić information content (AvgIpc) is 3.03. The molecule has 0 saturated heterocycles. The number of aliphatic hydroxyl groups is 1. The summed E-state index contributed by atoms with van der Waals surface area (Å²) in [5.41, 5.74) is 0.563. The lowest BCUT2D eigenvalue weighted by Gasteiger charge is -2.11. The van der Waals surface area contributed by atoms with Crippen LogP contribution in [0.4, 0.5) is 4.39 Å². The SMILES string of the molecule is Cc1cc(OCC(O)C2CC2)ccc1F. The summed E-state index contributed by atoms with van der Waals surface area (Å²) in [4.78, 5) is 0. The van der Waals surface area contributed by atoms with Crippen LogP contribution < -0.4 is 4.74 Å². The van der Waals surface area contributed by atoms with Gasteiger partial charge in [0, 0.05) is 0 Å². The van der Waals surface area contributed by atoms with Crippen molar-refractivity contribution in [3.8, 4) is 5.75 Å². The molecule has 1 N–H and O–H groups in total. The quantitative estimate of drug-likeness (QED) is 0.826. The summed E-state index contributed by atoms with van der Waals surface area (Å²) in [6.07, 6.45) is 1.80. The van der Waals surface area contributed by atoms with Gasteiger partial charge in [-0.3, -0.25) is 0 Å². The lowest BCUT2D eigenvalue weighted by molar-refractivity contribution is 0.0894. The number of benzene rings is 1. The molecule has 0 spiro atoms. The van der Waals surface area contributed by atoms with Gasteiger partial charge < -0.3 is 9.84 Å². The minimum atomic E-state index is -0.379. The number of aryl methyl sites for hydroxylation is 1. The third kappa shape index (κ3) is 2.69. The number of ether oxygens (including phenoxy) is 1. The van der Waals surface area contributed by atoms with Crippen molar-refractivity contribution in [1.82, 2.24) is 0 Å². The van der Waals surface area contributed by atoms with Crippen LogP contribution in [0.3, 0.4) is 0 Å². The molecule has 1 saturated carbocycles. The minimum absolute atomic E-state index is 0.231. The summed E-state index contributed by atoms with van der Waals surface area (Å²) < 4.78 is 18.3. The predicted molar refractivity (Wildman–Crippen MR) is 55.4 cm³/mol.